The molecule has 0 fully saturated rings. The molecule has 2 heterocycles. The molecule has 0 spiro atoms. The minimum Gasteiger partial charge on any atom is -0.349 e. The second kappa shape index (κ2) is 6.19. The van der Waals surface area contributed by atoms with Gasteiger partial charge in [-0.3, -0.25) is 10.2 Å². The number of hydrogen-bond acceptors (Lipinski definition) is 3. The third-order valence-corrected chi connectivity index (χ3v) is 5.19. The fraction of sp³-hybridized carbons (Fsp3) is 0.263. The van der Waals surface area contributed by atoms with E-state index in [1.807, 2.05) is 31.3 Å². The lowest BCUT2D eigenvalue weighted by atomic mass is 9.97. The van der Waals surface area contributed by atoms with E-state index in [4.69, 9.17) is 0 Å². The van der Waals surface area contributed by atoms with E-state index >= 15 is 0 Å². The Morgan fingerprint density at radius 2 is 2.16 bits per heavy atom. The molecular formula is C19H19BrN4O. The summed E-state index contributed by atoms with van der Waals surface area (Å²) in [6.45, 7) is 4.00. The van der Waals surface area contributed by atoms with E-state index in [0.717, 1.165) is 34.6 Å². The molecule has 4 rings (SSSR count). The number of H-pyrrole nitrogens is 1. The van der Waals surface area contributed by atoms with E-state index in [9.17, 15) is 4.79 Å². The summed E-state index contributed by atoms with van der Waals surface area (Å²) in [4.78, 5) is 20.8. The predicted molar refractivity (Wildman–Crippen MR) is 105 cm³/mol. The lowest BCUT2D eigenvalue weighted by Gasteiger charge is -2.14. The molecule has 0 saturated carbocycles. The van der Waals surface area contributed by atoms with Crippen LogP contribution in [0.4, 0.5) is 0 Å². The highest BCUT2D eigenvalue weighted by atomic mass is 79.9. The third kappa shape index (κ3) is 2.91. The molecule has 6 heteroatoms. The maximum absolute atomic E-state index is 12.9. The molecule has 2 aromatic heterocycles. The molecule has 3 aromatic rings. The quantitative estimate of drug-likeness (QED) is 0.624. The van der Waals surface area contributed by atoms with Crippen LogP contribution < -0.4 is 11.0 Å². The number of hydrogen-bond donors (Lipinski definition) is 2. The average molecular weight is 399 g/mol. The lowest BCUT2D eigenvalue weighted by Crippen LogP contribution is -2.29. The van der Waals surface area contributed by atoms with Crippen LogP contribution in [0.15, 0.2) is 50.9 Å². The molecule has 0 saturated heterocycles. The van der Waals surface area contributed by atoms with Crippen molar-refractivity contribution >= 4 is 37.9 Å². The van der Waals surface area contributed by atoms with Crippen molar-refractivity contribution in [2.75, 3.05) is 5.43 Å². The average Bonchev–Trinajstić information content (AvgIpc) is 2.94. The van der Waals surface area contributed by atoms with Crippen LogP contribution in [0.2, 0.25) is 0 Å². The number of halogens is 1. The summed E-state index contributed by atoms with van der Waals surface area (Å²) in [7, 11) is 0. The molecule has 25 heavy (non-hydrogen) atoms. The van der Waals surface area contributed by atoms with Crippen LogP contribution in [-0.4, -0.2) is 14.6 Å². The van der Waals surface area contributed by atoms with Crippen molar-refractivity contribution in [2.45, 2.75) is 33.1 Å². The summed E-state index contributed by atoms with van der Waals surface area (Å²) in [6, 6.07) is 5.88. The van der Waals surface area contributed by atoms with E-state index in [0.29, 0.717) is 16.9 Å². The highest BCUT2D eigenvalue weighted by Gasteiger charge is 2.13. The molecule has 0 aliphatic heterocycles. The Labute approximate surface area is 153 Å². The first-order valence-electron chi connectivity index (χ1n) is 8.33. The van der Waals surface area contributed by atoms with Crippen LogP contribution in [0.1, 0.15) is 32.0 Å². The maximum Gasteiger partial charge on any atom is 0.296 e. The van der Waals surface area contributed by atoms with Gasteiger partial charge in [0.15, 0.2) is 0 Å². The van der Waals surface area contributed by atoms with Crippen molar-refractivity contribution in [2.24, 2.45) is 0 Å². The molecular weight excluding hydrogens is 380 g/mol. The van der Waals surface area contributed by atoms with E-state index in [-0.39, 0.29) is 5.56 Å². The zero-order chi connectivity index (χ0) is 17.6. The number of nitrogens with one attached hydrogen (secondary N) is 2. The number of allylic oxidation sites excluding steroid dienone is 3. The lowest BCUT2D eigenvalue weighted by molar-refractivity contribution is 0.798. The van der Waals surface area contributed by atoms with Gasteiger partial charge < -0.3 is 4.98 Å². The third-order valence-electron chi connectivity index (χ3n) is 4.70. The van der Waals surface area contributed by atoms with Crippen molar-refractivity contribution in [3.05, 3.63) is 62.3 Å². The maximum atomic E-state index is 12.9. The second-order valence-electron chi connectivity index (χ2n) is 6.52. The zero-order valence-electron chi connectivity index (χ0n) is 14.2. The van der Waals surface area contributed by atoms with Gasteiger partial charge in [0, 0.05) is 21.6 Å². The van der Waals surface area contributed by atoms with E-state index in [1.165, 1.54) is 15.8 Å². The Balaban J connectivity index is 1.79. The number of benzene rings is 1. The summed E-state index contributed by atoms with van der Waals surface area (Å²) in [5.41, 5.74) is 7.87. The smallest absolute Gasteiger partial charge is 0.296 e. The van der Waals surface area contributed by atoms with Crippen molar-refractivity contribution < 1.29 is 0 Å². The Kier molecular flexibility index (Phi) is 4.00. The first-order valence-corrected chi connectivity index (χ1v) is 9.13. The summed E-state index contributed by atoms with van der Waals surface area (Å²) >= 11 is 3.48. The Bertz CT molecular complexity index is 1100. The Morgan fingerprint density at radius 3 is 2.92 bits per heavy atom. The standard InChI is InChI=1S/C19H19BrN4O/c1-11-3-5-13(6-4-11)10-21-24-12(2)22-17-15-9-14(20)7-8-16(15)23-18(17)19(24)25/h3,7-10,21,23H,4-6H2,1-2H3/b13-10+. The van der Waals surface area contributed by atoms with Crippen molar-refractivity contribution in [3.8, 4) is 0 Å². The minimum absolute atomic E-state index is 0.116. The fourth-order valence-electron chi connectivity index (χ4n) is 3.20. The van der Waals surface area contributed by atoms with Crippen molar-refractivity contribution in [3.63, 3.8) is 0 Å². The molecule has 5 nitrogen and oxygen atoms in total. The molecule has 2 N–H and O–H groups in total. The molecule has 0 unspecified atom stereocenters. The van der Waals surface area contributed by atoms with Crippen LogP contribution in [-0.2, 0) is 0 Å². The van der Waals surface area contributed by atoms with Gasteiger partial charge in [0.25, 0.3) is 5.56 Å². The van der Waals surface area contributed by atoms with Gasteiger partial charge in [0.2, 0.25) is 0 Å². The van der Waals surface area contributed by atoms with E-state index in [1.54, 1.807) is 0 Å². The molecule has 0 radical (unpaired) electrons. The van der Waals surface area contributed by atoms with Gasteiger partial charge >= 0.3 is 0 Å². The highest BCUT2D eigenvalue weighted by molar-refractivity contribution is 9.10. The SMILES string of the molecule is CC1=CC/C(=C\Nn2c(C)nc3c([nH]c4ccc(Br)cc43)c2=O)CC1. The molecule has 0 amide bonds. The summed E-state index contributed by atoms with van der Waals surface area (Å²) in [5.74, 6) is 0.637. The van der Waals surface area contributed by atoms with Gasteiger partial charge in [0.1, 0.15) is 16.9 Å². The Hall–Kier alpha value is -2.34. The van der Waals surface area contributed by atoms with Crippen LogP contribution in [0.3, 0.4) is 0 Å². The monoisotopic (exact) mass is 398 g/mol. The van der Waals surface area contributed by atoms with Gasteiger partial charge in [0.05, 0.1) is 0 Å². The number of aromatic nitrogens is 3. The number of aryl methyl sites for hydroxylation is 1. The molecule has 1 aromatic carbocycles. The molecule has 0 bridgehead atoms. The summed E-state index contributed by atoms with van der Waals surface area (Å²) in [6.07, 6.45) is 7.21. The van der Waals surface area contributed by atoms with Gasteiger partial charge in [-0.05, 0) is 56.9 Å². The van der Waals surface area contributed by atoms with Crippen LogP contribution in [0.25, 0.3) is 21.9 Å². The minimum atomic E-state index is -0.116. The normalized spacial score (nSPS) is 16.6. The number of rotatable bonds is 2. The van der Waals surface area contributed by atoms with Gasteiger partial charge in [-0.15, -0.1) is 0 Å². The van der Waals surface area contributed by atoms with E-state index in [2.05, 4.69) is 44.3 Å². The molecule has 0 atom stereocenters. The molecule has 1 aliphatic rings. The van der Waals surface area contributed by atoms with Crippen LogP contribution in [0, 0.1) is 6.92 Å². The number of nitrogens with zero attached hydrogens (tertiary/aromatic N) is 2. The first-order chi connectivity index (χ1) is 12.0. The topological polar surface area (TPSA) is 62.7 Å². The van der Waals surface area contributed by atoms with E-state index < -0.39 is 0 Å². The highest BCUT2D eigenvalue weighted by Crippen LogP contribution is 2.25. The van der Waals surface area contributed by atoms with Crippen LogP contribution in [0.5, 0.6) is 0 Å². The molecule has 1 aliphatic carbocycles. The van der Waals surface area contributed by atoms with Gasteiger partial charge in [-0.25, -0.2) is 9.66 Å². The number of aromatic amines is 1. The predicted octanol–water partition coefficient (Wildman–Crippen LogP) is 4.51. The molecule has 128 valence electrons. The van der Waals surface area contributed by atoms with Crippen LogP contribution >= 0.6 is 15.9 Å². The zero-order valence-corrected chi connectivity index (χ0v) is 15.8. The number of fused-ring (bicyclic) bond motifs is 3. The summed E-state index contributed by atoms with van der Waals surface area (Å²) < 4.78 is 2.47. The van der Waals surface area contributed by atoms with Gasteiger partial charge in [-0.2, -0.15) is 0 Å². The first kappa shape index (κ1) is 16.1. The second-order valence-corrected chi connectivity index (χ2v) is 7.44. The van der Waals surface area contributed by atoms with Crippen molar-refractivity contribution in [1.29, 1.82) is 0 Å². The van der Waals surface area contributed by atoms with Crippen molar-refractivity contribution in [1.82, 2.24) is 14.6 Å². The largest absolute Gasteiger partial charge is 0.349 e. The fourth-order valence-corrected chi connectivity index (χ4v) is 3.56. The summed E-state index contributed by atoms with van der Waals surface area (Å²) in [5, 5.41) is 0.947. The Morgan fingerprint density at radius 1 is 1.32 bits per heavy atom. The van der Waals surface area contributed by atoms with Gasteiger partial charge in [-0.1, -0.05) is 27.6 Å².